The molecule has 7 heteroatoms. The Bertz CT molecular complexity index is 884. The number of imidazole rings is 1. The van der Waals surface area contributed by atoms with E-state index in [1.165, 1.54) is 0 Å². The predicted molar refractivity (Wildman–Crippen MR) is 95.3 cm³/mol. The summed E-state index contributed by atoms with van der Waals surface area (Å²) >= 11 is 1.62. The Balaban J connectivity index is 1.56. The predicted octanol–water partition coefficient (Wildman–Crippen LogP) is 2.36. The van der Waals surface area contributed by atoms with Crippen molar-refractivity contribution in [3.63, 3.8) is 0 Å². The number of rotatable bonds is 5. The molecule has 0 radical (unpaired) electrons. The molecule has 1 fully saturated rings. The van der Waals surface area contributed by atoms with Crippen LogP contribution in [0.2, 0.25) is 0 Å². The minimum absolute atomic E-state index is 0.0821. The van der Waals surface area contributed by atoms with Gasteiger partial charge in [-0.25, -0.2) is 4.98 Å². The van der Waals surface area contributed by atoms with Crippen molar-refractivity contribution < 1.29 is 15.0 Å². The number of hydrogen-bond donors (Lipinski definition) is 4. The molecule has 0 bridgehead atoms. The van der Waals surface area contributed by atoms with Crippen molar-refractivity contribution in [3.8, 4) is 0 Å². The molecule has 1 aromatic carbocycles. The molecule has 1 saturated carbocycles. The zero-order valence-corrected chi connectivity index (χ0v) is 14.3. The number of H-pyrrole nitrogens is 1. The Hall–Kier alpha value is -2.22. The number of carbonyl (C=O) groups is 1. The van der Waals surface area contributed by atoms with E-state index < -0.39 is 0 Å². The maximum atomic E-state index is 12.7. The quantitative estimate of drug-likeness (QED) is 0.563. The van der Waals surface area contributed by atoms with E-state index in [1.807, 2.05) is 17.5 Å². The van der Waals surface area contributed by atoms with Crippen molar-refractivity contribution in [2.45, 2.75) is 31.6 Å². The molecule has 4 N–H and O–H groups in total. The van der Waals surface area contributed by atoms with Gasteiger partial charge < -0.3 is 20.5 Å². The molecule has 3 aromatic rings. The highest BCUT2D eigenvalue weighted by Crippen LogP contribution is 2.39. The molecular formula is C18H19N3O3S. The second kappa shape index (κ2) is 6.59. The smallest absolute Gasteiger partial charge is 0.251 e. The van der Waals surface area contributed by atoms with Crippen LogP contribution in [0.15, 0.2) is 35.7 Å². The van der Waals surface area contributed by atoms with Crippen molar-refractivity contribution in [2.75, 3.05) is 0 Å². The van der Waals surface area contributed by atoms with Gasteiger partial charge in [-0.15, -0.1) is 11.3 Å². The first kappa shape index (κ1) is 16.3. The van der Waals surface area contributed by atoms with Crippen LogP contribution >= 0.6 is 11.3 Å². The fraction of sp³-hybridized carbons (Fsp3) is 0.333. The SMILES string of the molecule is O=C(N[C@@H](c1cccs1)C1CC(O)C1)c1ccc2nc(CO)[nH]c2c1. The summed E-state index contributed by atoms with van der Waals surface area (Å²) in [5, 5.41) is 23.9. The normalized spacial score (nSPS) is 21.0. The van der Waals surface area contributed by atoms with Crippen LogP contribution in [0.3, 0.4) is 0 Å². The lowest BCUT2D eigenvalue weighted by Gasteiger charge is -2.37. The summed E-state index contributed by atoms with van der Waals surface area (Å²) in [5.74, 6) is 0.587. The zero-order valence-electron chi connectivity index (χ0n) is 13.5. The molecule has 0 saturated heterocycles. The molecule has 25 heavy (non-hydrogen) atoms. The zero-order chi connectivity index (χ0) is 17.4. The van der Waals surface area contributed by atoms with E-state index in [0.29, 0.717) is 24.2 Å². The van der Waals surface area contributed by atoms with E-state index in [9.17, 15) is 9.90 Å². The molecule has 6 nitrogen and oxygen atoms in total. The fourth-order valence-corrected chi connectivity index (χ4v) is 4.16. The van der Waals surface area contributed by atoms with Crippen LogP contribution in [0.5, 0.6) is 0 Å². The molecular weight excluding hydrogens is 338 g/mol. The van der Waals surface area contributed by atoms with E-state index in [1.54, 1.807) is 29.5 Å². The fourth-order valence-electron chi connectivity index (χ4n) is 3.29. The number of benzene rings is 1. The molecule has 0 spiro atoms. The standard InChI is InChI=1S/C18H19N3O3S/c22-9-16-19-13-4-3-10(8-14(13)20-16)18(24)21-17(11-6-12(23)7-11)15-2-1-5-25-15/h1-5,8,11-12,17,22-23H,6-7,9H2,(H,19,20)(H,21,24)/t11?,12?,17-/m1/s1. The summed E-state index contributed by atoms with van der Waals surface area (Å²) in [6.07, 6.45) is 1.16. The average molecular weight is 357 g/mol. The van der Waals surface area contributed by atoms with Gasteiger partial charge in [0, 0.05) is 10.4 Å². The van der Waals surface area contributed by atoms with Gasteiger partial charge in [0.2, 0.25) is 0 Å². The number of hydrogen-bond acceptors (Lipinski definition) is 5. The highest BCUT2D eigenvalue weighted by atomic mass is 32.1. The second-order valence-corrected chi connectivity index (χ2v) is 7.40. The van der Waals surface area contributed by atoms with Crippen LogP contribution < -0.4 is 5.32 Å². The Morgan fingerprint density at radius 1 is 1.40 bits per heavy atom. The largest absolute Gasteiger partial charge is 0.393 e. The van der Waals surface area contributed by atoms with Gasteiger partial charge in [-0.3, -0.25) is 4.79 Å². The minimum atomic E-state index is -0.261. The number of nitrogens with zero attached hydrogens (tertiary/aromatic N) is 1. The van der Waals surface area contributed by atoms with Gasteiger partial charge in [-0.05, 0) is 48.4 Å². The maximum absolute atomic E-state index is 12.7. The molecule has 1 aliphatic rings. The summed E-state index contributed by atoms with van der Waals surface area (Å²) in [7, 11) is 0. The maximum Gasteiger partial charge on any atom is 0.251 e. The number of aliphatic hydroxyl groups is 2. The molecule has 0 aliphatic heterocycles. The van der Waals surface area contributed by atoms with E-state index in [2.05, 4.69) is 15.3 Å². The number of thiophene rings is 1. The van der Waals surface area contributed by atoms with Crippen LogP contribution in [-0.2, 0) is 6.61 Å². The van der Waals surface area contributed by atoms with Gasteiger partial charge in [-0.2, -0.15) is 0 Å². The molecule has 4 rings (SSSR count). The molecule has 2 heterocycles. The van der Waals surface area contributed by atoms with Gasteiger partial charge in [0.15, 0.2) is 0 Å². The first-order valence-electron chi connectivity index (χ1n) is 8.26. The van der Waals surface area contributed by atoms with Crippen molar-refractivity contribution in [1.29, 1.82) is 0 Å². The number of aliphatic hydroxyl groups excluding tert-OH is 2. The lowest BCUT2D eigenvalue weighted by molar-refractivity contribution is 0.0241. The van der Waals surface area contributed by atoms with Crippen LogP contribution in [-0.4, -0.2) is 32.2 Å². The number of nitrogens with one attached hydrogen (secondary N) is 2. The Labute approximate surface area is 148 Å². The van der Waals surface area contributed by atoms with E-state index in [-0.39, 0.29) is 30.6 Å². The van der Waals surface area contributed by atoms with Crippen molar-refractivity contribution in [3.05, 3.63) is 52.0 Å². The van der Waals surface area contributed by atoms with Crippen LogP contribution in [0, 0.1) is 5.92 Å². The van der Waals surface area contributed by atoms with Gasteiger partial charge in [-0.1, -0.05) is 6.07 Å². The highest BCUT2D eigenvalue weighted by molar-refractivity contribution is 7.10. The molecule has 130 valence electrons. The molecule has 2 aromatic heterocycles. The summed E-state index contributed by atoms with van der Waals surface area (Å²) in [6, 6.07) is 9.17. The number of carbonyl (C=O) groups excluding carboxylic acids is 1. The monoisotopic (exact) mass is 357 g/mol. The Kier molecular flexibility index (Phi) is 4.29. The number of fused-ring (bicyclic) bond motifs is 1. The lowest BCUT2D eigenvalue weighted by atomic mass is 9.76. The van der Waals surface area contributed by atoms with Gasteiger partial charge in [0.25, 0.3) is 5.91 Å². The molecule has 1 atom stereocenters. The third-order valence-electron chi connectivity index (χ3n) is 4.70. The number of amides is 1. The average Bonchev–Trinajstić information content (AvgIpc) is 3.25. The topological polar surface area (TPSA) is 98.2 Å². The molecule has 0 unspecified atom stereocenters. The molecule has 1 amide bonds. The summed E-state index contributed by atoms with van der Waals surface area (Å²) in [6.45, 7) is -0.166. The van der Waals surface area contributed by atoms with Crippen LogP contribution in [0.1, 0.15) is 39.9 Å². The Morgan fingerprint density at radius 2 is 2.24 bits per heavy atom. The summed E-state index contributed by atoms with van der Waals surface area (Å²) in [5.41, 5.74) is 1.99. The van der Waals surface area contributed by atoms with Crippen LogP contribution in [0.4, 0.5) is 0 Å². The van der Waals surface area contributed by atoms with Crippen molar-refractivity contribution in [1.82, 2.24) is 15.3 Å². The van der Waals surface area contributed by atoms with Gasteiger partial charge in [0.05, 0.1) is 23.2 Å². The third-order valence-corrected chi connectivity index (χ3v) is 5.66. The summed E-state index contributed by atoms with van der Waals surface area (Å²) < 4.78 is 0. The number of aromatic amines is 1. The molecule has 1 aliphatic carbocycles. The van der Waals surface area contributed by atoms with Gasteiger partial charge >= 0.3 is 0 Å². The van der Waals surface area contributed by atoms with E-state index >= 15 is 0 Å². The minimum Gasteiger partial charge on any atom is -0.393 e. The third kappa shape index (κ3) is 3.18. The number of aromatic nitrogens is 2. The van der Waals surface area contributed by atoms with Crippen molar-refractivity contribution in [2.24, 2.45) is 5.92 Å². The van der Waals surface area contributed by atoms with E-state index in [0.717, 1.165) is 15.9 Å². The van der Waals surface area contributed by atoms with E-state index in [4.69, 9.17) is 5.11 Å². The van der Waals surface area contributed by atoms with Crippen molar-refractivity contribution >= 4 is 28.3 Å². The first-order valence-corrected chi connectivity index (χ1v) is 9.14. The Morgan fingerprint density at radius 3 is 2.92 bits per heavy atom. The van der Waals surface area contributed by atoms with Crippen LogP contribution in [0.25, 0.3) is 11.0 Å². The van der Waals surface area contributed by atoms with Gasteiger partial charge in [0.1, 0.15) is 12.4 Å². The highest BCUT2D eigenvalue weighted by Gasteiger charge is 2.36. The summed E-state index contributed by atoms with van der Waals surface area (Å²) in [4.78, 5) is 21.1. The second-order valence-electron chi connectivity index (χ2n) is 6.43. The first-order chi connectivity index (χ1) is 12.1. The lowest BCUT2D eigenvalue weighted by Crippen LogP contribution is -2.41.